The van der Waals surface area contributed by atoms with Crippen LogP contribution >= 0.6 is 0 Å². The number of nitrogens with one attached hydrogen (secondary N) is 1. The maximum Gasteiger partial charge on any atom is 0.274 e. The van der Waals surface area contributed by atoms with Crippen LogP contribution in [0.5, 0.6) is 5.75 Å². The number of ketones is 2. The summed E-state index contributed by atoms with van der Waals surface area (Å²) in [6.07, 6.45) is 0.0872. The molecule has 4 atom stereocenters. The number of nitrogens with zero attached hydrogens (tertiary/aromatic N) is 1. The molecular weight excluding hydrogens is 534 g/mol. The summed E-state index contributed by atoms with van der Waals surface area (Å²) in [6, 6.07) is 8.39. The molecule has 0 aromatic heterocycles. The second-order valence-electron chi connectivity index (χ2n) is 10.7. The number of carbonyl (C=O) groups excluding carboxylic acids is 4. The maximum atomic E-state index is 14.0. The average molecular weight is 564 g/mol. The number of hydroxylamine groups is 1. The number of phenolic OH excluding ortho intramolecular Hbond substituents is 1. The van der Waals surface area contributed by atoms with Gasteiger partial charge in [0.25, 0.3) is 11.8 Å². The molecule has 1 fully saturated rings. The number of benzene rings is 2. The van der Waals surface area contributed by atoms with Crippen LogP contribution < -0.4 is 11.2 Å². The molecule has 12 heteroatoms. The minimum absolute atomic E-state index is 0.0306. The Bertz CT molecular complexity index is 1590. The lowest BCUT2D eigenvalue weighted by Gasteiger charge is -2.50. The lowest BCUT2D eigenvalue weighted by molar-refractivity contribution is -0.153. The molecule has 2 aromatic carbocycles. The van der Waals surface area contributed by atoms with E-state index in [0.29, 0.717) is 22.3 Å². The second kappa shape index (κ2) is 9.84. The zero-order chi connectivity index (χ0) is 30.0. The van der Waals surface area contributed by atoms with Crippen LogP contribution in [0.3, 0.4) is 0 Å². The van der Waals surface area contributed by atoms with E-state index >= 15 is 0 Å². The van der Waals surface area contributed by atoms with Gasteiger partial charge in [-0.1, -0.05) is 18.2 Å². The molecule has 41 heavy (non-hydrogen) atoms. The number of rotatable bonds is 5. The van der Waals surface area contributed by atoms with Gasteiger partial charge in [0.15, 0.2) is 11.4 Å². The number of amides is 2. The first-order valence-corrected chi connectivity index (χ1v) is 12.8. The molecular formula is C29H29N3O9. The molecule has 1 saturated carbocycles. The van der Waals surface area contributed by atoms with Gasteiger partial charge in [-0.15, -0.1) is 0 Å². The van der Waals surface area contributed by atoms with Crippen molar-refractivity contribution >= 4 is 29.1 Å². The van der Waals surface area contributed by atoms with Gasteiger partial charge in [0.1, 0.15) is 22.8 Å². The summed E-state index contributed by atoms with van der Waals surface area (Å²) < 4.78 is 0. The highest BCUT2D eigenvalue weighted by molar-refractivity contribution is 6.24. The van der Waals surface area contributed by atoms with Crippen molar-refractivity contribution in [3.8, 4) is 16.9 Å². The summed E-state index contributed by atoms with van der Waals surface area (Å²) in [5, 5.41) is 44.9. The molecule has 214 valence electrons. The molecule has 0 heterocycles. The number of likely N-dealkylation sites (N-methyl/N-ethyl adjacent to an activating group) is 1. The normalized spacial score (nSPS) is 25.5. The van der Waals surface area contributed by atoms with Crippen molar-refractivity contribution in [1.82, 2.24) is 10.4 Å². The summed E-state index contributed by atoms with van der Waals surface area (Å²) in [7, 11) is 4.38. The number of aliphatic hydroxyl groups is 3. The standard InChI is InChI=1S/C29H29N3O9/c1-32(2)22-17-11-14-10-16-15(12-5-4-6-13(9-12)28(39)31-41-3)7-8-18(33)20(16)23(34)19(14)25(36)29(17,40)26(37)21(24(22)35)27(30)38/h4-9,14,17,22,33-34,37,40H,10-11H2,1-3H3,(H2,30,38)(H,31,39)/t14?,17?,22?,29-/m0/s1. The lowest BCUT2D eigenvalue weighted by atomic mass is 9.57. The molecule has 12 nitrogen and oxygen atoms in total. The third kappa shape index (κ3) is 4.02. The Hall–Kier alpha value is -4.52. The highest BCUT2D eigenvalue weighted by Crippen LogP contribution is 2.53. The molecule has 5 rings (SSSR count). The smallest absolute Gasteiger partial charge is 0.274 e. The third-order valence-electron chi connectivity index (χ3n) is 8.23. The fraction of sp³-hybridized carbons (Fsp3) is 0.310. The molecule has 0 aliphatic heterocycles. The Labute approximate surface area is 234 Å². The Kier molecular flexibility index (Phi) is 6.72. The topological polar surface area (TPSA) is 200 Å². The number of aromatic hydroxyl groups is 1. The van der Waals surface area contributed by atoms with E-state index in [1.165, 1.54) is 32.2 Å². The molecule has 2 amide bonds. The molecule has 0 saturated heterocycles. The largest absolute Gasteiger partial charge is 0.508 e. The molecule has 7 N–H and O–H groups in total. The number of aliphatic hydroxyl groups excluding tert-OH is 2. The van der Waals surface area contributed by atoms with E-state index in [1.54, 1.807) is 30.3 Å². The summed E-state index contributed by atoms with van der Waals surface area (Å²) in [5.74, 6) is -7.64. The zero-order valence-corrected chi connectivity index (χ0v) is 22.5. The zero-order valence-electron chi connectivity index (χ0n) is 22.5. The molecule has 2 aromatic rings. The van der Waals surface area contributed by atoms with Crippen molar-refractivity contribution < 1.29 is 44.4 Å². The second-order valence-corrected chi connectivity index (χ2v) is 10.7. The average Bonchev–Trinajstić information content (AvgIpc) is 2.90. The van der Waals surface area contributed by atoms with Crippen LogP contribution in [0, 0.1) is 11.8 Å². The molecule has 0 bridgehead atoms. The van der Waals surface area contributed by atoms with Crippen molar-refractivity contribution in [2.75, 3.05) is 21.2 Å². The monoisotopic (exact) mass is 563 g/mol. The van der Waals surface area contributed by atoms with Crippen molar-refractivity contribution in [2.45, 2.75) is 24.5 Å². The first-order chi connectivity index (χ1) is 19.3. The Balaban J connectivity index is 1.70. The number of fused-ring (bicyclic) bond motifs is 3. The molecule has 3 aliphatic rings. The van der Waals surface area contributed by atoms with Gasteiger partial charge in [0.05, 0.1) is 18.7 Å². The third-order valence-corrected chi connectivity index (χ3v) is 8.23. The minimum Gasteiger partial charge on any atom is -0.508 e. The van der Waals surface area contributed by atoms with Crippen molar-refractivity contribution in [2.24, 2.45) is 17.6 Å². The van der Waals surface area contributed by atoms with E-state index < -0.39 is 64.0 Å². The minimum atomic E-state index is -2.71. The van der Waals surface area contributed by atoms with E-state index in [0.717, 1.165) is 0 Å². The Morgan fingerprint density at radius 3 is 2.46 bits per heavy atom. The van der Waals surface area contributed by atoms with Crippen LogP contribution in [-0.4, -0.2) is 81.6 Å². The predicted molar refractivity (Wildman–Crippen MR) is 144 cm³/mol. The van der Waals surface area contributed by atoms with E-state index in [9.17, 15) is 39.6 Å². The number of phenols is 1. The van der Waals surface area contributed by atoms with Crippen LogP contribution in [0.1, 0.15) is 27.9 Å². The summed E-state index contributed by atoms with van der Waals surface area (Å²) in [5.41, 5.74) is 5.70. The van der Waals surface area contributed by atoms with Gasteiger partial charge < -0.3 is 26.2 Å². The van der Waals surface area contributed by atoms with Crippen molar-refractivity contribution in [1.29, 1.82) is 0 Å². The first-order valence-electron chi connectivity index (χ1n) is 12.8. The Morgan fingerprint density at radius 1 is 1.12 bits per heavy atom. The number of hydrogen-bond acceptors (Lipinski definition) is 10. The number of Topliss-reactive ketones (excluding diaryl/α,β-unsaturated/α-hetero) is 2. The van der Waals surface area contributed by atoms with E-state index in [-0.39, 0.29) is 29.7 Å². The maximum absolute atomic E-state index is 14.0. The van der Waals surface area contributed by atoms with Crippen molar-refractivity contribution in [3.63, 3.8) is 0 Å². The van der Waals surface area contributed by atoms with Gasteiger partial charge in [0, 0.05) is 17.1 Å². The molecule has 3 unspecified atom stereocenters. The van der Waals surface area contributed by atoms with E-state index in [4.69, 9.17) is 10.6 Å². The fourth-order valence-electron chi connectivity index (χ4n) is 6.49. The summed E-state index contributed by atoms with van der Waals surface area (Å²) >= 11 is 0. The van der Waals surface area contributed by atoms with Gasteiger partial charge in [-0.2, -0.15) is 0 Å². The van der Waals surface area contributed by atoms with Crippen LogP contribution in [0.4, 0.5) is 0 Å². The number of carbonyl (C=O) groups is 4. The van der Waals surface area contributed by atoms with Gasteiger partial charge in [-0.25, -0.2) is 5.48 Å². The van der Waals surface area contributed by atoms with E-state index in [1.807, 2.05) is 0 Å². The van der Waals surface area contributed by atoms with Crippen molar-refractivity contribution in [3.05, 3.63) is 70.0 Å². The van der Waals surface area contributed by atoms with Gasteiger partial charge >= 0.3 is 0 Å². The van der Waals surface area contributed by atoms with Gasteiger partial charge in [-0.3, -0.25) is 28.9 Å². The van der Waals surface area contributed by atoms with Gasteiger partial charge in [-0.05, 0) is 67.7 Å². The lowest BCUT2D eigenvalue weighted by Crippen LogP contribution is -2.65. The number of nitrogens with two attached hydrogens (primary N) is 1. The van der Waals surface area contributed by atoms with Crippen LogP contribution in [0.2, 0.25) is 0 Å². The number of hydrogen-bond donors (Lipinski definition) is 6. The predicted octanol–water partition coefficient (Wildman–Crippen LogP) is 0.922. The highest BCUT2D eigenvalue weighted by Gasteiger charge is 2.64. The van der Waals surface area contributed by atoms with Crippen LogP contribution in [0.25, 0.3) is 16.9 Å². The number of primary amides is 1. The van der Waals surface area contributed by atoms with Gasteiger partial charge in [0.2, 0.25) is 5.78 Å². The Morgan fingerprint density at radius 2 is 1.83 bits per heavy atom. The summed E-state index contributed by atoms with van der Waals surface area (Å²) in [6.45, 7) is 0. The fourth-order valence-corrected chi connectivity index (χ4v) is 6.49. The molecule has 0 spiro atoms. The van der Waals surface area contributed by atoms with E-state index in [2.05, 4.69) is 5.48 Å². The summed E-state index contributed by atoms with van der Waals surface area (Å²) in [4.78, 5) is 57.8. The van der Waals surface area contributed by atoms with Crippen LogP contribution in [0.15, 0.2) is 53.3 Å². The SMILES string of the molecule is CONC(=O)c1cccc(-c2ccc(O)c3c2CC2CC4C(N(C)C)C(=O)C(C(N)=O)=C(O)[C@@]4(O)C(=O)C2=C3O)c1. The quantitative estimate of drug-likeness (QED) is 0.225. The van der Waals surface area contributed by atoms with Crippen LogP contribution in [-0.2, 0) is 25.6 Å². The highest BCUT2D eigenvalue weighted by atomic mass is 16.6. The molecule has 0 radical (unpaired) electrons. The molecule has 3 aliphatic carbocycles. The first kappa shape index (κ1) is 28.0.